The molecule has 0 atom stereocenters. The van der Waals surface area contributed by atoms with Gasteiger partial charge in [0.25, 0.3) is 0 Å². The Bertz CT molecular complexity index is 1120. The molecule has 0 unspecified atom stereocenters. The molecule has 0 aliphatic rings. The van der Waals surface area contributed by atoms with Gasteiger partial charge in [-0.15, -0.1) is 0 Å². The largest absolute Gasteiger partial charge is 0.355 e. The second-order valence-electron chi connectivity index (χ2n) is 7.26. The van der Waals surface area contributed by atoms with E-state index in [-0.39, 0.29) is 0 Å². The molecule has 1 heteroatoms. The molecule has 0 spiro atoms. The third-order valence-electron chi connectivity index (χ3n) is 4.98. The van der Waals surface area contributed by atoms with Crippen LogP contribution >= 0.6 is 0 Å². The summed E-state index contributed by atoms with van der Waals surface area (Å²) in [5.74, 6) is 0. The maximum Gasteiger partial charge on any atom is 0.0537 e. The molecule has 30 heavy (non-hydrogen) atoms. The molecular weight excluding hydrogens is 362 g/mol. The average Bonchev–Trinajstić information content (AvgIpc) is 2.82. The summed E-state index contributed by atoms with van der Waals surface area (Å²) < 4.78 is 0. The molecule has 0 aromatic heterocycles. The van der Waals surface area contributed by atoms with E-state index in [1.807, 2.05) is 6.07 Å². The molecular formula is C29H25N. The average molecular weight is 388 g/mol. The van der Waals surface area contributed by atoms with E-state index in [4.69, 9.17) is 0 Å². The molecule has 0 saturated heterocycles. The van der Waals surface area contributed by atoms with Crippen LogP contribution < -0.4 is 5.32 Å². The first-order valence-corrected chi connectivity index (χ1v) is 10.2. The molecule has 146 valence electrons. The Hall–Kier alpha value is -3.84. The standard InChI is InChI=1S/C29H25N/c1-23-17-20-27(21-18-23)30-29(26-15-9-4-10-16-26)28(25-13-7-3-8-14-25)22-19-24-11-5-2-6-12-24/h2-22,30H,1H3. The number of hydrogen-bond donors (Lipinski definition) is 1. The van der Waals surface area contributed by atoms with Gasteiger partial charge in [0, 0.05) is 11.3 Å². The minimum absolute atomic E-state index is 1.07. The summed E-state index contributed by atoms with van der Waals surface area (Å²) in [4.78, 5) is 0. The number of allylic oxidation sites excluding steroid dienone is 2. The Morgan fingerprint density at radius 2 is 1.13 bits per heavy atom. The van der Waals surface area contributed by atoms with Crippen molar-refractivity contribution >= 4 is 23.0 Å². The second kappa shape index (κ2) is 9.58. The predicted octanol–water partition coefficient (Wildman–Crippen LogP) is 7.69. The van der Waals surface area contributed by atoms with Gasteiger partial charge in [0.1, 0.15) is 0 Å². The summed E-state index contributed by atoms with van der Waals surface area (Å²) in [5.41, 5.74) is 8.04. The monoisotopic (exact) mass is 387 g/mol. The van der Waals surface area contributed by atoms with Crippen molar-refractivity contribution in [3.63, 3.8) is 0 Å². The first-order valence-electron chi connectivity index (χ1n) is 10.2. The fourth-order valence-corrected chi connectivity index (χ4v) is 3.37. The van der Waals surface area contributed by atoms with Gasteiger partial charge in [0.05, 0.1) is 5.70 Å². The number of benzene rings is 4. The second-order valence-corrected chi connectivity index (χ2v) is 7.26. The fourth-order valence-electron chi connectivity index (χ4n) is 3.37. The van der Waals surface area contributed by atoms with Crippen LogP contribution in [0.2, 0.25) is 0 Å². The highest BCUT2D eigenvalue weighted by Crippen LogP contribution is 2.30. The molecule has 0 heterocycles. The summed E-state index contributed by atoms with van der Waals surface area (Å²) in [6, 6.07) is 40.0. The van der Waals surface area contributed by atoms with Crippen LogP contribution in [0.1, 0.15) is 22.3 Å². The smallest absolute Gasteiger partial charge is 0.0537 e. The SMILES string of the molecule is Cc1ccc(NC(=C(C=Cc2ccccc2)c2ccccc2)c2ccccc2)cc1. The normalized spacial score (nSPS) is 11.9. The molecule has 0 amide bonds. The van der Waals surface area contributed by atoms with Crippen LogP contribution in [0.25, 0.3) is 17.3 Å². The Morgan fingerprint density at radius 1 is 0.600 bits per heavy atom. The van der Waals surface area contributed by atoms with Gasteiger partial charge < -0.3 is 5.32 Å². The minimum Gasteiger partial charge on any atom is -0.355 e. The van der Waals surface area contributed by atoms with Crippen molar-refractivity contribution in [1.29, 1.82) is 0 Å². The Morgan fingerprint density at radius 3 is 1.73 bits per heavy atom. The van der Waals surface area contributed by atoms with Crippen molar-refractivity contribution in [2.24, 2.45) is 0 Å². The highest BCUT2D eigenvalue weighted by Gasteiger charge is 2.10. The van der Waals surface area contributed by atoms with Crippen LogP contribution in [0.4, 0.5) is 5.69 Å². The molecule has 0 bridgehead atoms. The van der Waals surface area contributed by atoms with E-state index in [1.165, 1.54) is 16.7 Å². The lowest BCUT2D eigenvalue weighted by Gasteiger charge is -2.17. The van der Waals surface area contributed by atoms with Crippen LogP contribution in [-0.2, 0) is 0 Å². The van der Waals surface area contributed by atoms with Gasteiger partial charge in [-0.2, -0.15) is 0 Å². The maximum absolute atomic E-state index is 3.69. The Labute approximate surface area is 179 Å². The Balaban J connectivity index is 1.87. The summed E-state index contributed by atoms with van der Waals surface area (Å²) in [6.45, 7) is 2.11. The quantitative estimate of drug-likeness (QED) is 0.264. The topological polar surface area (TPSA) is 12.0 Å². The van der Waals surface area contributed by atoms with Crippen LogP contribution in [0.3, 0.4) is 0 Å². The van der Waals surface area contributed by atoms with Crippen LogP contribution in [-0.4, -0.2) is 0 Å². The molecule has 4 aromatic carbocycles. The molecule has 0 aliphatic carbocycles. The number of aryl methyl sites for hydroxylation is 1. The van der Waals surface area contributed by atoms with Crippen molar-refractivity contribution in [1.82, 2.24) is 0 Å². The minimum atomic E-state index is 1.07. The van der Waals surface area contributed by atoms with Crippen LogP contribution in [0.5, 0.6) is 0 Å². The van der Waals surface area contributed by atoms with Crippen molar-refractivity contribution in [2.75, 3.05) is 5.32 Å². The third-order valence-corrected chi connectivity index (χ3v) is 4.98. The van der Waals surface area contributed by atoms with Gasteiger partial charge in [-0.3, -0.25) is 0 Å². The van der Waals surface area contributed by atoms with Gasteiger partial charge >= 0.3 is 0 Å². The van der Waals surface area contributed by atoms with E-state index in [2.05, 4.69) is 134 Å². The number of rotatable bonds is 6. The van der Waals surface area contributed by atoms with E-state index < -0.39 is 0 Å². The number of hydrogen-bond acceptors (Lipinski definition) is 1. The van der Waals surface area contributed by atoms with Crippen molar-refractivity contribution in [2.45, 2.75) is 6.92 Å². The van der Waals surface area contributed by atoms with Gasteiger partial charge in [-0.25, -0.2) is 0 Å². The summed E-state index contributed by atoms with van der Waals surface area (Å²) >= 11 is 0. The zero-order valence-corrected chi connectivity index (χ0v) is 17.1. The molecule has 1 nitrogen and oxygen atoms in total. The molecule has 4 rings (SSSR count). The lowest BCUT2D eigenvalue weighted by molar-refractivity contribution is 1.45. The summed E-state index contributed by atoms with van der Waals surface area (Å²) in [7, 11) is 0. The molecule has 0 saturated carbocycles. The number of anilines is 1. The fraction of sp³-hybridized carbons (Fsp3) is 0.0345. The first kappa shape index (κ1) is 19.5. The highest BCUT2D eigenvalue weighted by atomic mass is 14.9. The van der Waals surface area contributed by atoms with Crippen LogP contribution in [0.15, 0.2) is 121 Å². The summed E-state index contributed by atoms with van der Waals surface area (Å²) in [5, 5.41) is 3.69. The van der Waals surface area contributed by atoms with E-state index in [1.54, 1.807) is 0 Å². The van der Waals surface area contributed by atoms with Crippen molar-refractivity contribution in [3.8, 4) is 0 Å². The molecule has 0 radical (unpaired) electrons. The van der Waals surface area contributed by atoms with E-state index in [0.717, 1.165) is 22.5 Å². The predicted molar refractivity (Wildman–Crippen MR) is 130 cm³/mol. The van der Waals surface area contributed by atoms with Crippen molar-refractivity contribution < 1.29 is 0 Å². The van der Waals surface area contributed by atoms with Crippen molar-refractivity contribution in [3.05, 3.63) is 144 Å². The lowest BCUT2D eigenvalue weighted by Crippen LogP contribution is -2.02. The molecule has 0 fully saturated rings. The van der Waals surface area contributed by atoms with Gasteiger partial charge in [0.15, 0.2) is 0 Å². The van der Waals surface area contributed by atoms with Gasteiger partial charge in [-0.1, -0.05) is 121 Å². The highest BCUT2D eigenvalue weighted by molar-refractivity contribution is 6.01. The maximum atomic E-state index is 3.69. The van der Waals surface area contributed by atoms with Gasteiger partial charge in [0.2, 0.25) is 0 Å². The third kappa shape index (κ3) is 4.95. The van der Waals surface area contributed by atoms with E-state index >= 15 is 0 Å². The van der Waals surface area contributed by atoms with Gasteiger partial charge in [-0.05, 0) is 35.7 Å². The lowest BCUT2D eigenvalue weighted by atomic mass is 9.97. The molecule has 0 aliphatic heterocycles. The van der Waals surface area contributed by atoms with Crippen LogP contribution in [0, 0.1) is 6.92 Å². The zero-order chi connectivity index (χ0) is 20.6. The van der Waals surface area contributed by atoms with E-state index in [9.17, 15) is 0 Å². The molecule has 4 aromatic rings. The Kier molecular flexibility index (Phi) is 6.22. The molecule has 1 N–H and O–H groups in total. The zero-order valence-electron chi connectivity index (χ0n) is 17.1. The first-order chi connectivity index (χ1) is 14.8. The number of nitrogens with one attached hydrogen (secondary N) is 1. The summed E-state index contributed by atoms with van der Waals surface area (Å²) in [6.07, 6.45) is 4.37. The van der Waals surface area contributed by atoms with E-state index in [0.29, 0.717) is 0 Å².